The van der Waals surface area contributed by atoms with Crippen molar-refractivity contribution in [3.63, 3.8) is 0 Å². The smallest absolute Gasteiger partial charge is 0.248 e. The summed E-state index contributed by atoms with van der Waals surface area (Å²) in [6, 6.07) is 8.93. The first-order valence-corrected chi connectivity index (χ1v) is 8.65. The Morgan fingerprint density at radius 3 is 2.36 bits per heavy atom. The van der Waals surface area contributed by atoms with Gasteiger partial charge in [0.25, 0.3) is 0 Å². The molecule has 0 saturated carbocycles. The minimum Gasteiger partial charge on any atom is -0.493 e. The van der Waals surface area contributed by atoms with Gasteiger partial charge in [0, 0.05) is 24.5 Å². The monoisotopic (exact) mass is 382 g/mol. The molecule has 0 unspecified atom stereocenters. The molecule has 1 aliphatic heterocycles. The van der Waals surface area contributed by atoms with Gasteiger partial charge in [-0.2, -0.15) is 0 Å². The largest absolute Gasteiger partial charge is 0.493 e. The van der Waals surface area contributed by atoms with E-state index in [0.717, 1.165) is 16.8 Å². The van der Waals surface area contributed by atoms with Crippen LogP contribution in [0.3, 0.4) is 0 Å². The number of anilines is 2. The van der Waals surface area contributed by atoms with Gasteiger partial charge >= 0.3 is 0 Å². The molecule has 3 rings (SSSR count). The molecule has 0 saturated heterocycles. The van der Waals surface area contributed by atoms with Gasteiger partial charge in [-0.1, -0.05) is 0 Å². The zero-order chi connectivity index (χ0) is 20.3. The third kappa shape index (κ3) is 3.78. The molecule has 0 bridgehead atoms. The maximum atomic E-state index is 12.3. The summed E-state index contributed by atoms with van der Waals surface area (Å²) in [4.78, 5) is 25.7. The van der Waals surface area contributed by atoms with Gasteiger partial charge < -0.3 is 24.4 Å². The number of amides is 2. The predicted octanol–water partition coefficient (Wildman–Crippen LogP) is 2.88. The molecule has 0 radical (unpaired) electrons. The third-order valence-electron chi connectivity index (χ3n) is 4.54. The van der Waals surface area contributed by atoms with Crippen molar-refractivity contribution >= 4 is 29.3 Å². The molecule has 2 amide bonds. The Hall–Kier alpha value is -3.48. The fourth-order valence-corrected chi connectivity index (χ4v) is 3.10. The Morgan fingerprint density at radius 1 is 1.07 bits per heavy atom. The summed E-state index contributed by atoms with van der Waals surface area (Å²) in [5, 5.41) is 2.81. The molecule has 0 fully saturated rings. The van der Waals surface area contributed by atoms with Crippen molar-refractivity contribution in [3.05, 3.63) is 47.5 Å². The Morgan fingerprint density at radius 2 is 1.75 bits per heavy atom. The lowest BCUT2D eigenvalue weighted by molar-refractivity contribution is -0.117. The first kappa shape index (κ1) is 19.3. The Labute approximate surface area is 163 Å². The zero-order valence-electron chi connectivity index (χ0n) is 16.2. The molecular formula is C21H22N2O5. The number of nitrogens with zero attached hydrogens (tertiary/aromatic N) is 1. The maximum absolute atomic E-state index is 12.3. The van der Waals surface area contributed by atoms with Gasteiger partial charge in [0.05, 0.1) is 27.8 Å². The van der Waals surface area contributed by atoms with Crippen molar-refractivity contribution in [1.29, 1.82) is 0 Å². The molecule has 2 aromatic carbocycles. The van der Waals surface area contributed by atoms with Crippen LogP contribution < -0.4 is 24.4 Å². The molecule has 1 N–H and O–H groups in total. The summed E-state index contributed by atoms with van der Waals surface area (Å²) in [5.41, 5.74) is 3.14. The number of hydrogen-bond acceptors (Lipinski definition) is 5. The quantitative estimate of drug-likeness (QED) is 0.778. The van der Waals surface area contributed by atoms with Gasteiger partial charge in [0.2, 0.25) is 17.6 Å². The average molecular weight is 382 g/mol. The SMILES string of the molecule is COc1cc(/C=C/C(=O)Nc2ccc3c(c2)CC(=O)N3C)cc(OC)c1OC. The highest BCUT2D eigenvalue weighted by Gasteiger charge is 2.23. The van der Waals surface area contributed by atoms with Crippen LogP contribution in [-0.2, 0) is 16.0 Å². The van der Waals surface area contributed by atoms with E-state index in [2.05, 4.69) is 5.32 Å². The van der Waals surface area contributed by atoms with E-state index < -0.39 is 0 Å². The molecule has 7 nitrogen and oxygen atoms in total. The number of carbonyl (C=O) groups excluding carboxylic acids is 2. The number of rotatable bonds is 6. The van der Waals surface area contributed by atoms with E-state index >= 15 is 0 Å². The number of ether oxygens (including phenoxy) is 3. The summed E-state index contributed by atoms with van der Waals surface area (Å²) < 4.78 is 15.9. The van der Waals surface area contributed by atoms with Gasteiger partial charge in [0.15, 0.2) is 11.5 Å². The predicted molar refractivity (Wildman–Crippen MR) is 107 cm³/mol. The third-order valence-corrected chi connectivity index (χ3v) is 4.54. The van der Waals surface area contributed by atoms with E-state index in [1.54, 1.807) is 36.2 Å². The number of hydrogen-bond donors (Lipinski definition) is 1. The lowest BCUT2D eigenvalue weighted by Crippen LogP contribution is -2.20. The second-order valence-electron chi connectivity index (χ2n) is 6.25. The van der Waals surface area contributed by atoms with Crippen LogP contribution in [-0.4, -0.2) is 40.2 Å². The standard InChI is InChI=1S/C21H22N2O5/c1-23-16-7-6-15(11-14(16)12-20(23)25)22-19(24)8-5-13-9-17(26-2)21(28-4)18(10-13)27-3/h5-11H,12H2,1-4H3,(H,22,24)/b8-5+. The van der Waals surface area contributed by atoms with Gasteiger partial charge in [-0.3, -0.25) is 9.59 Å². The van der Waals surface area contributed by atoms with Crippen molar-refractivity contribution in [2.24, 2.45) is 0 Å². The lowest BCUT2D eigenvalue weighted by Gasteiger charge is -2.12. The van der Waals surface area contributed by atoms with Crippen LogP contribution >= 0.6 is 0 Å². The highest BCUT2D eigenvalue weighted by atomic mass is 16.5. The molecular weight excluding hydrogens is 360 g/mol. The van der Waals surface area contributed by atoms with E-state index in [4.69, 9.17) is 14.2 Å². The van der Waals surface area contributed by atoms with Gasteiger partial charge in [0.1, 0.15) is 0 Å². The van der Waals surface area contributed by atoms with Crippen LogP contribution in [0.4, 0.5) is 11.4 Å². The fraction of sp³-hybridized carbons (Fsp3) is 0.238. The molecule has 2 aromatic rings. The highest BCUT2D eigenvalue weighted by Crippen LogP contribution is 2.38. The molecule has 28 heavy (non-hydrogen) atoms. The van der Waals surface area contributed by atoms with Crippen LogP contribution in [0.15, 0.2) is 36.4 Å². The van der Waals surface area contributed by atoms with Crippen molar-refractivity contribution in [1.82, 2.24) is 0 Å². The van der Waals surface area contributed by atoms with Crippen LogP contribution in [0.1, 0.15) is 11.1 Å². The normalized spacial score (nSPS) is 12.9. The van der Waals surface area contributed by atoms with Crippen molar-refractivity contribution in [2.45, 2.75) is 6.42 Å². The second-order valence-corrected chi connectivity index (χ2v) is 6.25. The first-order valence-electron chi connectivity index (χ1n) is 8.65. The number of benzene rings is 2. The van der Waals surface area contributed by atoms with Crippen LogP contribution in [0, 0.1) is 0 Å². The molecule has 0 atom stereocenters. The van der Waals surface area contributed by atoms with Crippen molar-refractivity contribution in [3.8, 4) is 17.2 Å². The van der Waals surface area contributed by atoms with E-state index in [1.165, 1.54) is 27.4 Å². The van der Waals surface area contributed by atoms with Gasteiger partial charge in [-0.05, 0) is 47.5 Å². The first-order chi connectivity index (χ1) is 13.5. The number of nitrogens with one attached hydrogen (secondary N) is 1. The Kier molecular flexibility index (Phi) is 5.54. The van der Waals surface area contributed by atoms with E-state index in [9.17, 15) is 9.59 Å². The number of methoxy groups -OCH3 is 3. The molecule has 0 aromatic heterocycles. The molecule has 0 aliphatic carbocycles. The zero-order valence-corrected chi connectivity index (χ0v) is 16.2. The molecule has 1 heterocycles. The van der Waals surface area contributed by atoms with E-state index in [1.807, 2.05) is 12.1 Å². The van der Waals surface area contributed by atoms with Crippen LogP contribution in [0.25, 0.3) is 6.08 Å². The fourth-order valence-electron chi connectivity index (χ4n) is 3.10. The second kappa shape index (κ2) is 8.04. The summed E-state index contributed by atoms with van der Waals surface area (Å²) in [6.45, 7) is 0. The average Bonchev–Trinajstić information content (AvgIpc) is 2.98. The van der Waals surface area contributed by atoms with Gasteiger partial charge in [-0.15, -0.1) is 0 Å². The van der Waals surface area contributed by atoms with Gasteiger partial charge in [-0.25, -0.2) is 0 Å². The summed E-state index contributed by atoms with van der Waals surface area (Å²) in [5.74, 6) is 1.26. The topological polar surface area (TPSA) is 77.1 Å². The Bertz CT molecular complexity index is 927. The van der Waals surface area contributed by atoms with Crippen LogP contribution in [0.5, 0.6) is 17.2 Å². The number of fused-ring (bicyclic) bond motifs is 1. The summed E-state index contributed by atoms with van der Waals surface area (Å²) >= 11 is 0. The molecule has 146 valence electrons. The van der Waals surface area contributed by atoms with Crippen LogP contribution in [0.2, 0.25) is 0 Å². The lowest BCUT2D eigenvalue weighted by atomic mass is 10.1. The summed E-state index contributed by atoms with van der Waals surface area (Å²) in [7, 11) is 6.35. The minimum atomic E-state index is -0.286. The molecule has 7 heteroatoms. The summed E-state index contributed by atoms with van der Waals surface area (Å²) in [6.07, 6.45) is 3.42. The minimum absolute atomic E-state index is 0.0424. The van der Waals surface area contributed by atoms with E-state index in [0.29, 0.717) is 29.4 Å². The molecule has 1 aliphatic rings. The highest BCUT2D eigenvalue weighted by molar-refractivity contribution is 6.04. The van der Waals surface area contributed by atoms with Crippen molar-refractivity contribution in [2.75, 3.05) is 38.6 Å². The maximum Gasteiger partial charge on any atom is 0.248 e. The Balaban J connectivity index is 1.74. The number of carbonyl (C=O) groups is 2. The van der Waals surface area contributed by atoms with Crippen molar-refractivity contribution < 1.29 is 23.8 Å². The van der Waals surface area contributed by atoms with E-state index in [-0.39, 0.29) is 11.8 Å². The molecule has 0 spiro atoms. The number of likely N-dealkylation sites (N-methyl/N-ethyl adjacent to an activating group) is 1.